The second-order valence-corrected chi connectivity index (χ2v) is 5.98. The van der Waals surface area contributed by atoms with E-state index in [1.807, 2.05) is 6.07 Å². The van der Waals surface area contributed by atoms with E-state index in [0.717, 1.165) is 0 Å². The molecular formula is C15H16N4O3. The molecule has 114 valence electrons. The molecule has 7 nitrogen and oxygen atoms in total. The zero-order valence-corrected chi connectivity index (χ0v) is 12.2. The number of aromatic amines is 1. The fourth-order valence-electron chi connectivity index (χ4n) is 2.89. The summed E-state index contributed by atoms with van der Waals surface area (Å²) in [5.74, 6) is -2.45. The van der Waals surface area contributed by atoms with E-state index < -0.39 is 23.2 Å². The average Bonchev–Trinajstić information content (AvgIpc) is 2.82. The third-order valence-corrected chi connectivity index (χ3v) is 4.19. The predicted octanol–water partition coefficient (Wildman–Crippen LogP) is 1.77. The summed E-state index contributed by atoms with van der Waals surface area (Å²) < 4.78 is 0. The van der Waals surface area contributed by atoms with Crippen molar-refractivity contribution < 1.29 is 14.7 Å². The number of nitrogens with one attached hydrogen (secondary N) is 2. The van der Waals surface area contributed by atoms with Crippen LogP contribution in [0.15, 0.2) is 30.6 Å². The minimum Gasteiger partial charge on any atom is -0.481 e. The quantitative estimate of drug-likeness (QED) is 0.797. The fourth-order valence-corrected chi connectivity index (χ4v) is 2.89. The van der Waals surface area contributed by atoms with Crippen LogP contribution in [0.2, 0.25) is 0 Å². The van der Waals surface area contributed by atoms with Crippen molar-refractivity contribution in [2.75, 3.05) is 5.32 Å². The summed E-state index contributed by atoms with van der Waals surface area (Å²) in [7, 11) is 0. The third kappa shape index (κ3) is 2.24. The molecule has 7 heteroatoms. The standard InChI is InChI=1S/C15H16N4O3/c1-15(2)10(11(15)14(21)22)13(20)18-9-7-17-19-12(9)8-5-3-4-6-16-8/h3-7,10-11H,1-2H3,(H,17,19)(H,18,20)(H,21,22)/t10-,11+/m1/s1. The number of rotatable bonds is 4. The number of pyridine rings is 1. The van der Waals surface area contributed by atoms with Crippen molar-refractivity contribution in [2.24, 2.45) is 17.3 Å². The van der Waals surface area contributed by atoms with Crippen molar-refractivity contribution in [1.82, 2.24) is 15.2 Å². The highest BCUT2D eigenvalue weighted by Gasteiger charge is 2.65. The SMILES string of the molecule is CC1(C)[C@H](C(=O)O)[C@@H]1C(=O)Nc1cn[nH]c1-c1ccccn1. The Labute approximate surface area is 126 Å². The molecule has 0 aliphatic heterocycles. The Morgan fingerprint density at radius 2 is 2.09 bits per heavy atom. The van der Waals surface area contributed by atoms with Crippen molar-refractivity contribution in [3.05, 3.63) is 30.6 Å². The van der Waals surface area contributed by atoms with Gasteiger partial charge in [-0.2, -0.15) is 5.10 Å². The van der Waals surface area contributed by atoms with Gasteiger partial charge in [0.05, 0.1) is 29.4 Å². The monoisotopic (exact) mass is 300 g/mol. The van der Waals surface area contributed by atoms with Crippen molar-refractivity contribution in [3.8, 4) is 11.4 Å². The number of amides is 1. The van der Waals surface area contributed by atoms with E-state index in [9.17, 15) is 9.59 Å². The number of H-pyrrole nitrogens is 1. The van der Waals surface area contributed by atoms with Crippen LogP contribution in [0.1, 0.15) is 13.8 Å². The number of aliphatic carboxylic acids is 1. The summed E-state index contributed by atoms with van der Waals surface area (Å²) in [5.41, 5.74) is 1.21. The third-order valence-electron chi connectivity index (χ3n) is 4.19. The molecule has 1 aliphatic rings. The summed E-state index contributed by atoms with van der Waals surface area (Å²) >= 11 is 0. The molecule has 0 spiro atoms. The van der Waals surface area contributed by atoms with Gasteiger partial charge in [0, 0.05) is 6.20 Å². The van der Waals surface area contributed by atoms with E-state index in [1.54, 1.807) is 32.2 Å². The van der Waals surface area contributed by atoms with Crippen molar-refractivity contribution in [1.29, 1.82) is 0 Å². The summed E-state index contributed by atoms with van der Waals surface area (Å²) in [5, 5.41) is 18.6. The molecule has 0 unspecified atom stereocenters. The predicted molar refractivity (Wildman–Crippen MR) is 78.8 cm³/mol. The number of nitrogens with zero attached hydrogens (tertiary/aromatic N) is 2. The van der Waals surface area contributed by atoms with Crippen LogP contribution in [0.3, 0.4) is 0 Å². The first kappa shape index (κ1) is 14.2. The van der Waals surface area contributed by atoms with Gasteiger partial charge in [0.1, 0.15) is 5.69 Å². The van der Waals surface area contributed by atoms with Gasteiger partial charge in [-0.25, -0.2) is 0 Å². The van der Waals surface area contributed by atoms with Crippen LogP contribution in [0, 0.1) is 17.3 Å². The van der Waals surface area contributed by atoms with E-state index in [2.05, 4.69) is 20.5 Å². The van der Waals surface area contributed by atoms with E-state index in [4.69, 9.17) is 5.11 Å². The highest BCUT2D eigenvalue weighted by atomic mass is 16.4. The van der Waals surface area contributed by atoms with E-state index in [0.29, 0.717) is 17.1 Å². The topological polar surface area (TPSA) is 108 Å². The molecule has 2 aromatic rings. The molecule has 1 saturated carbocycles. The van der Waals surface area contributed by atoms with Crippen molar-refractivity contribution >= 4 is 17.6 Å². The second kappa shape index (κ2) is 4.94. The first-order valence-corrected chi connectivity index (χ1v) is 6.91. The first-order chi connectivity index (χ1) is 10.4. The molecule has 0 bridgehead atoms. The van der Waals surface area contributed by atoms with Crippen LogP contribution >= 0.6 is 0 Å². The molecule has 0 radical (unpaired) electrons. The lowest BCUT2D eigenvalue weighted by Gasteiger charge is -2.06. The number of carbonyl (C=O) groups excluding carboxylic acids is 1. The van der Waals surface area contributed by atoms with Gasteiger partial charge < -0.3 is 10.4 Å². The van der Waals surface area contributed by atoms with Gasteiger partial charge in [-0.1, -0.05) is 19.9 Å². The lowest BCUT2D eigenvalue weighted by atomic mass is 10.1. The summed E-state index contributed by atoms with van der Waals surface area (Å²) in [4.78, 5) is 27.7. The maximum atomic E-state index is 12.4. The molecule has 1 aliphatic carbocycles. The molecule has 2 aromatic heterocycles. The highest BCUT2D eigenvalue weighted by molar-refractivity contribution is 6.01. The van der Waals surface area contributed by atoms with Crippen LogP contribution in [-0.2, 0) is 9.59 Å². The van der Waals surface area contributed by atoms with Crippen LogP contribution in [0.5, 0.6) is 0 Å². The van der Waals surface area contributed by atoms with Gasteiger partial charge in [-0.05, 0) is 17.5 Å². The summed E-state index contributed by atoms with van der Waals surface area (Å²) in [6.45, 7) is 3.57. The Morgan fingerprint density at radius 3 is 2.68 bits per heavy atom. The van der Waals surface area contributed by atoms with E-state index >= 15 is 0 Å². The molecule has 0 saturated heterocycles. The number of carboxylic acid groups (broad SMARTS) is 1. The minimum absolute atomic E-state index is 0.309. The van der Waals surface area contributed by atoms with Gasteiger partial charge >= 0.3 is 5.97 Å². The summed E-state index contributed by atoms with van der Waals surface area (Å²) in [6, 6.07) is 5.42. The van der Waals surface area contributed by atoms with E-state index in [1.165, 1.54) is 6.20 Å². The van der Waals surface area contributed by atoms with E-state index in [-0.39, 0.29) is 5.91 Å². The Bertz CT molecular complexity index is 723. The molecule has 2 heterocycles. The lowest BCUT2D eigenvalue weighted by molar-refractivity contribution is -0.140. The second-order valence-electron chi connectivity index (χ2n) is 5.98. The Morgan fingerprint density at radius 1 is 1.32 bits per heavy atom. The Kier molecular flexibility index (Phi) is 3.20. The van der Waals surface area contributed by atoms with Gasteiger partial charge in [-0.15, -0.1) is 0 Å². The number of hydrogen-bond acceptors (Lipinski definition) is 4. The van der Waals surface area contributed by atoms with Gasteiger partial charge in [-0.3, -0.25) is 19.7 Å². The molecule has 3 N–H and O–H groups in total. The zero-order chi connectivity index (χ0) is 15.9. The normalized spacial score (nSPS) is 22.1. The fraction of sp³-hybridized carbons (Fsp3) is 0.333. The van der Waals surface area contributed by atoms with Crippen molar-refractivity contribution in [3.63, 3.8) is 0 Å². The molecule has 1 amide bonds. The summed E-state index contributed by atoms with van der Waals surface area (Å²) in [6.07, 6.45) is 3.14. The van der Waals surface area contributed by atoms with Crippen LogP contribution in [-0.4, -0.2) is 32.2 Å². The van der Waals surface area contributed by atoms with Crippen LogP contribution < -0.4 is 5.32 Å². The minimum atomic E-state index is -0.942. The smallest absolute Gasteiger partial charge is 0.307 e. The molecular weight excluding hydrogens is 284 g/mol. The highest BCUT2D eigenvalue weighted by Crippen LogP contribution is 2.58. The molecule has 3 rings (SSSR count). The molecule has 1 fully saturated rings. The Balaban J connectivity index is 1.80. The van der Waals surface area contributed by atoms with Gasteiger partial charge in [0.2, 0.25) is 5.91 Å². The largest absolute Gasteiger partial charge is 0.481 e. The lowest BCUT2D eigenvalue weighted by Crippen LogP contribution is -2.17. The maximum absolute atomic E-state index is 12.4. The number of aromatic nitrogens is 3. The average molecular weight is 300 g/mol. The van der Waals surface area contributed by atoms with Crippen molar-refractivity contribution in [2.45, 2.75) is 13.8 Å². The van der Waals surface area contributed by atoms with Gasteiger partial charge in [0.15, 0.2) is 0 Å². The number of hydrogen-bond donors (Lipinski definition) is 3. The zero-order valence-electron chi connectivity index (χ0n) is 12.2. The van der Waals surface area contributed by atoms with Gasteiger partial charge in [0.25, 0.3) is 0 Å². The molecule has 2 atom stereocenters. The first-order valence-electron chi connectivity index (χ1n) is 6.91. The van der Waals surface area contributed by atoms with Crippen LogP contribution in [0.25, 0.3) is 11.4 Å². The maximum Gasteiger partial charge on any atom is 0.307 e. The number of carboxylic acids is 1. The number of anilines is 1. The Hall–Kier alpha value is -2.70. The van der Waals surface area contributed by atoms with Crippen LogP contribution in [0.4, 0.5) is 5.69 Å². The molecule has 22 heavy (non-hydrogen) atoms. The molecule has 0 aromatic carbocycles. The number of carbonyl (C=O) groups is 2.